The highest BCUT2D eigenvalue weighted by Crippen LogP contribution is 2.33. The molecule has 30 heavy (non-hydrogen) atoms. The molecule has 2 aromatic rings. The maximum absolute atomic E-state index is 12.3. The lowest BCUT2D eigenvalue weighted by atomic mass is 9.91. The van der Waals surface area contributed by atoms with Crippen LogP contribution < -0.4 is 4.74 Å². The Morgan fingerprint density at radius 3 is 2.37 bits per heavy atom. The predicted molar refractivity (Wildman–Crippen MR) is 99.1 cm³/mol. The number of Topliss-reactive ketones (excluding diaryl/α,β-unsaturated/α-hetero) is 1. The molecule has 0 aromatic heterocycles. The van der Waals surface area contributed by atoms with Gasteiger partial charge in [0.05, 0.1) is 6.61 Å². The number of carbonyl (C=O) groups excluding carboxylic acids is 1. The van der Waals surface area contributed by atoms with Gasteiger partial charge in [-0.15, -0.1) is 13.2 Å². The quantitative estimate of drug-likeness (QED) is 0.653. The molecule has 3 N–H and O–H groups in total. The van der Waals surface area contributed by atoms with Gasteiger partial charge in [0, 0.05) is 5.02 Å². The Labute approximate surface area is 174 Å². The lowest BCUT2D eigenvalue weighted by Crippen LogP contribution is -2.52. The van der Waals surface area contributed by atoms with Gasteiger partial charge in [-0.05, 0) is 41.3 Å². The van der Waals surface area contributed by atoms with Crippen LogP contribution in [0.3, 0.4) is 0 Å². The van der Waals surface area contributed by atoms with Gasteiger partial charge in [0.15, 0.2) is 5.78 Å². The maximum atomic E-state index is 12.3. The van der Waals surface area contributed by atoms with Crippen LogP contribution in [0.15, 0.2) is 42.5 Å². The first-order chi connectivity index (χ1) is 14.1. The van der Waals surface area contributed by atoms with Gasteiger partial charge in [-0.2, -0.15) is 0 Å². The minimum absolute atomic E-state index is 0.257. The molecule has 2 aromatic carbocycles. The summed E-state index contributed by atoms with van der Waals surface area (Å²) in [7, 11) is 0. The Hall–Kier alpha value is -2.17. The minimum atomic E-state index is -4.78. The average Bonchev–Trinajstić information content (AvgIpc) is 2.69. The number of aliphatic hydroxyl groups excluding tert-OH is 3. The molecular weight excluding hydrogens is 429 g/mol. The zero-order valence-electron chi connectivity index (χ0n) is 15.3. The highest BCUT2D eigenvalue weighted by molar-refractivity contribution is 6.31. The van der Waals surface area contributed by atoms with Crippen molar-refractivity contribution in [2.45, 2.75) is 37.2 Å². The van der Waals surface area contributed by atoms with Crippen LogP contribution >= 0.6 is 11.6 Å². The molecule has 1 fully saturated rings. The van der Waals surface area contributed by atoms with E-state index in [0.29, 0.717) is 21.7 Å². The minimum Gasteiger partial charge on any atom is -0.406 e. The number of alkyl halides is 3. The van der Waals surface area contributed by atoms with Crippen molar-refractivity contribution in [3.05, 3.63) is 64.2 Å². The van der Waals surface area contributed by atoms with E-state index in [4.69, 9.17) is 16.3 Å². The first-order valence-corrected chi connectivity index (χ1v) is 9.26. The molecule has 1 saturated heterocycles. The standard InChI is InChI=1S/C20H18ClF3O6/c21-14-6-3-11(19-18(28)17(27)16(26)15(9-25)29-19)8-12(14)7-10-1-4-13(5-2-10)30-20(22,23)24/h1-6,8,15,17-19,25,27-28H,7,9H2/t15-,17+,18+,19+/m1/s1. The van der Waals surface area contributed by atoms with E-state index in [9.17, 15) is 33.3 Å². The summed E-state index contributed by atoms with van der Waals surface area (Å²) in [6.07, 6.45) is -10.1. The van der Waals surface area contributed by atoms with E-state index in [-0.39, 0.29) is 12.2 Å². The van der Waals surface area contributed by atoms with Crippen molar-refractivity contribution < 1.29 is 42.8 Å². The first kappa shape index (κ1) is 22.5. The molecule has 0 saturated carbocycles. The number of hydrogen-bond acceptors (Lipinski definition) is 6. The average molecular weight is 447 g/mol. The zero-order chi connectivity index (χ0) is 22.1. The van der Waals surface area contributed by atoms with Crippen molar-refractivity contribution in [1.82, 2.24) is 0 Å². The lowest BCUT2D eigenvalue weighted by Gasteiger charge is -2.35. The van der Waals surface area contributed by atoms with Gasteiger partial charge in [0.2, 0.25) is 0 Å². The molecule has 1 aliphatic rings. The Morgan fingerprint density at radius 2 is 1.77 bits per heavy atom. The fourth-order valence-electron chi connectivity index (χ4n) is 3.19. The van der Waals surface area contributed by atoms with Crippen molar-refractivity contribution >= 4 is 17.4 Å². The molecular formula is C20H18ClF3O6. The topological polar surface area (TPSA) is 96.2 Å². The van der Waals surface area contributed by atoms with E-state index in [1.165, 1.54) is 24.3 Å². The van der Waals surface area contributed by atoms with E-state index in [1.807, 2.05) is 0 Å². The summed E-state index contributed by atoms with van der Waals surface area (Å²) in [6, 6.07) is 9.98. The number of ether oxygens (including phenoxy) is 2. The van der Waals surface area contributed by atoms with Gasteiger partial charge in [-0.1, -0.05) is 35.9 Å². The van der Waals surface area contributed by atoms with Crippen molar-refractivity contribution in [3.8, 4) is 5.75 Å². The number of benzene rings is 2. The zero-order valence-corrected chi connectivity index (χ0v) is 16.1. The highest BCUT2D eigenvalue weighted by atomic mass is 35.5. The summed E-state index contributed by atoms with van der Waals surface area (Å²) < 4.78 is 46.1. The summed E-state index contributed by atoms with van der Waals surface area (Å²) in [6.45, 7) is -0.647. The summed E-state index contributed by atoms with van der Waals surface area (Å²) in [5.74, 6) is -1.16. The van der Waals surface area contributed by atoms with Crippen LogP contribution in [0, 0.1) is 0 Å². The molecule has 0 radical (unpaired) electrons. The van der Waals surface area contributed by atoms with Crippen LogP contribution in [-0.4, -0.2) is 52.4 Å². The summed E-state index contributed by atoms with van der Waals surface area (Å²) in [5, 5.41) is 29.8. The maximum Gasteiger partial charge on any atom is 0.573 e. The highest BCUT2D eigenvalue weighted by Gasteiger charge is 2.43. The number of hydrogen-bond donors (Lipinski definition) is 3. The molecule has 162 valence electrons. The van der Waals surface area contributed by atoms with Crippen LogP contribution in [0.2, 0.25) is 5.02 Å². The van der Waals surface area contributed by atoms with E-state index >= 15 is 0 Å². The first-order valence-electron chi connectivity index (χ1n) is 8.88. The van der Waals surface area contributed by atoms with Gasteiger partial charge in [0.1, 0.15) is 30.2 Å². The Bertz CT molecular complexity index is 898. The molecule has 10 heteroatoms. The Balaban J connectivity index is 1.81. The van der Waals surface area contributed by atoms with Gasteiger partial charge in [-0.3, -0.25) is 4.79 Å². The normalized spacial score (nSPS) is 24.7. The number of carbonyl (C=O) groups is 1. The third-order valence-electron chi connectivity index (χ3n) is 4.67. The van der Waals surface area contributed by atoms with Gasteiger partial charge in [0.25, 0.3) is 0 Å². The molecule has 6 nitrogen and oxygen atoms in total. The van der Waals surface area contributed by atoms with Crippen LogP contribution in [0.4, 0.5) is 13.2 Å². The van der Waals surface area contributed by atoms with E-state index in [1.54, 1.807) is 18.2 Å². The summed E-state index contributed by atoms with van der Waals surface area (Å²) in [4.78, 5) is 11.8. The summed E-state index contributed by atoms with van der Waals surface area (Å²) >= 11 is 6.23. The molecule has 0 bridgehead atoms. The number of halogens is 4. The second-order valence-corrected chi connectivity index (χ2v) is 7.19. The van der Waals surface area contributed by atoms with Crippen molar-refractivity contribution in [1.29, 1.82) is 0 Å². The van der Waals surface area contributed by atoms with E-state index in [2.05, 4.69) is 4.74 Å². The van der Waals surface area contributed by atoms with Crippen LogP contribution in [0.5, 0.6) is 5.75 Å². The van der Waals surface area contributed by atoms with E-state index in [0.717, 1.165) is 0 Å². The number of aliphatic hydroxyl groups is 3. The third kappa shape index (κ3) is 5.11. The molecule has 0 spiro atoms. The van der Waals surface area contributed by atoms with Crippen molar-refractivity contribution in [2.24, 2.45) is 0 Å². The van der Waals surface area contributed by atoms with Gasteiger partial charge >= 0.3 is 6.36 Å². The second kappa shape index (κ2) is 8.91. The molecule has 1 aliphatic heterocycles. The third-order valence-corrected chi connectivity index (χ3v) is 5.04. The SMILES string of the molecule is O=C1[C@@H](CO)O[C@@H](c2ccc(Cl)c(Cc3ccc(OC(F)(F)F)cc3)c2)[C@@H](O)[C@H]1O. The lowest BCUT2D eigenvalue weighted by molar-refractivity contribution is -0.274. The smallest absolute Gasteiger partial charge is 0.406 e. The Morgan fingerprint density at radius 1 is 1.10 bits per heavy atom. The van der Waals surface area contributed by atoms with E-state index < -0.39 is 43.2 Å². The van der Waals surface area contributed by atoms with Gasteiger partial charge < -0.3 is 24.8 Å². The fourth-order valence-corrected chi connectivity index (χ4v) is 3.38. The molecule has 0 amide bonds. The molecule has 4 atom stereocenters. The Kier molecular flexibility index (Phi) is 6.68. The van der Waals surface area contributed by atoms with Gasteiger partial charge in [-0.25, -0.2) is 0 Å². The fraction of sp³-hybridized carbons (Fsp3) is 0.350. The molecule has 0 unspecified atom stereocenters. The predicted octanol–water partition coefficient (Wildman–Crippen LogP) is 2.55. The summed E-state index contributed by atoms with van der Waals surface area (Å²) in [5.41, 5.74) is 1.66. The van der Waals surface area contributed by atoms with Crippen LogP contribution in [0.25, 0.3) is 0 Å². The molecule has 0 aliphatic carbocycles. The second-order valence-electron chi connectivity index (χ2n) is 6.79. The van der Waals surface area contributed by atoms with Crippen molar-refractivity contribution in [3.63, 3.8) is 0 Å². The molecule has 3 rings (SSSR count). The number of ketones is 1. The largest absolute Gasteiger partial charge is 0.573 e. The van der Waals surface area contributed by atoms with Crippen LogP contribution in [0.1, 0.15) is 22.8 Å². The monoisotopic (exact) mass is 446 g/mol. The van der Waals surface area contributed by atoms with Crippen molar-refractivity contribution in [2.75, 3.05) is 6.61 Å². The van der Waals surface area contributed by atoms with Crippen LogP contribution in [-0.2, 0) is 16.0 Å². The molecule has 1 heterocycles. The number of rotatable bonds is 5.